The van der Waals surface area contributed by atoms with Gasteiger partial charge in [-0.1, -0.05) is 6.42 Å². The molecule has 0 aromatic carbocycles. The maximum Gasteiger partial charge on any atom is 0.0249 e. The van der Waals surface area contributed by atoms with E-state index in [9.17, 15) is 0 Å². The van der Waals surface area contributed by atoms with Gasteiger partial charge >= 0.3 is 0 Å². The number of likely N-dealkylation sites (N-methyl/N-ethyl adjacent to an activating group) is 1. The minimum atomic E-state index is 0.746. The normalized spacial score (nSPS) is 33.8. The predicted octanol–water partition coefficient (Wildman–Crippen LogP) is 1.15. The van der Waals surface area contributed by atoms with E-state index in [0.29, 0.717) is 0 Å². The van der Waals surface area contributed by atoms with Crippen molar-refractivity contribution in [3.63, 3.8) is 0 Å². The first-order valence-electron chi connectivity index (χ1n) is 6.80. The largest absolute Gasteiger partial charge is 0.315 e. The average molecular weight is 225 g/mol. The maximum absolute atomic E-state index is 3.49. The van der Waals surface area contributed by atoms with Crippen LogP contribution in [0.5, 0.6) is 0 Å². The van der Waals surface area contributed by atoms with E-state index >= 15 is 0 Å². The Morgan fingerprint density at radius 3 is 2.31 bits per heavy atom. The van der Waals surface area contributed by atoms with Crippen molar-refractivity contribution in [2.24, 2.45) is 0 Å². The molecule has 2 aliphatic rings. The van der Waals surface area contributed by atoms with Gasteiger partial charge in [-0.05, 0) is 59.9 Å². The Morgan fingerprint density at radius 1 is 1.06 bits per heavy atom. The first kappa shape index (κ1) is 12.3. The summed E-state index contributed by atoms with van der Waals surface area (Å²) in [6.45, 7) is 2.59. The van der Waals surface area contributed by atoms with E-state index in [4.69, 9.17) is 0 Å². The van der Waals surface area contributed by atoms with Crippen LogP contribution in [0.1, 0.15) is 32.1 Å². The predicted molar refractivity (Wildman–Crippen MR) is 68.8 cm³/mol. The molecule has 1 N–H and O–H groups in total. The van der Waals surface area contributed by atoms with E-state index in [2.05, 4.69) is 36.3 Å². The number of nitrogens with one attached hydrogen (secondary N) is 1. The van der Waals surface area contributed by atoms with E-state index in [1.165, 1.54) is 45.2 Å². The first-order chi connectivity index (χ1) is 7.72. The second-order valence-electron chi connectivity index (χ2n) is 5.62. The van der Waals surface area contributed by atoms with Crippen LogP contribution in [0.4, 0.5) is 0 Å². The third-order valence-corrected chi connectivity index (χ3v) is 4.55. The summed E-state index contributed by atoms with van der Waals surface area (Å²) in [7, 11) is 6.55. The van der Waals surface area contributed by atoms with Gasteiger partial charge in [0.25, 0.3) is 0 Å². The van der Waals surface area contributed by atoms with Gasteiger partial charge in [0.05, 0.1) is 0 Å². The number of hydrogen-bond donors (Lipinski definition) is 1. The molecule has 0 aromatic rings. The molecule has 2 atom stereocenters. The van der Waals surface area contributed by atoms with Gasteiger partial charge in [0.15, 0.2) is 0 Å². The Labute approximate surface area is 100 Å². The minimum Gasteiger partial charge on any atom is -0.315 e. The number of likely N-dealkylation sites (tertiary alicyclic amines) is 1. The number of piperidine rings is 1. The Bertz CT molecular complexity index is 209. The summed E-state index contributed by atoms with van der Waals surface area (Å²) >= 11 is 0. The van der Waals surface area contributed by atoms with Crippen molar-refractivity contribution in [3.05, 3.63) is 0 Å². The van der Waals surface area contributed by atoms with Crippen molar-refractivity contribution in [2.45, 2.75) is 50.2 Å². The van der Waals surface area contributed by atoms with Crippen molar-refractivity contribution >= 4 is 0 Å². The SMILES string of the molecule is CNC1CCCC1N1CCC(N(C)C)CC1. The molecule has 1 saturated heterocycles. The van der Waals surface area contributed by atoms with E-state index in [0.717, 1.165) is 18.1 Å². The van der Waals surface area contributed by atoms with Crippen molar-refractivity contribution in [1.29, 1.82) is 0 Å². The van der Waals surface area contributed by atoms with Crippen LogP contribution in [0.2, 0.25) is 0 Å². The number of hydrogen-bond acceptors (Lipinski definition) is 3. The van der Waals surface area contributed by atoms with Crippen LogP contribution in [-0.2, 0) is 0 Å². The highest BCUT2D eigenvalue weighted by molar-refractivity contribution is 4.92. The molecular weight excluding hydrogens is 198 g/mol. The quantitative estimate of drug-likeness (QED) is 0.777. The number of rotatable bonds is 3. The molecule has 0 spiro atoms. The van der Waals surface area contributed by atoms with Crippen LogP contribution in [0.3, 0.4) is 0 Å². The summed E-state index contributed by atoms with van der Waals surface area (Å²) in [5, 5.41) is 3.49. The van der Waals surface area contributed by atoms with Crippen molar-refractivity contribution in [3.8, 4) is 0 Å². The lowest BCUT2D eigenvalue weighted by molar-refractivity contribution is 0.0992. The van der Waals surface area contributed by atoms with E-state index in [1.807, 2.05) is 0 Å². The zero-order valence-electron chi connectivity index (χ0n) is 11.1. The van der Waals surface area contributed by atoms with Gasteiger partial charge in [0.1, 0.15) is 0 Å². The number of nitrogens with zero attached hydrogens (tertiary/aromatic N) is 2. The summed E-state index contributed by atoms with van der Waals surface area (Å²) in [6.07, 6.45) is 6.87. The third-order valence-electron chi connectivity index (χ3n) is 4.55. The second kappa shape index (κ2) is 5.48. The highest BCUT2D eigenvalue weighted by Gasteiger charge is 2.33. The summed E-state index contributed by atoms with van der Waals surface area (Å²) in [5.74, 6) is 0. The Hall–Kier alpha value is -0.120. The molecule has 1 heterocycles. The monoisotopic (exact) mass is 225 g/mol. The molecule has 16 heavy (non-hydrogen) atoms. The molecule has 94 valence electrons. The maximum atomic E-state index is 3.49. The second-order valence-corrected chi connectivity index (χ2v) is 5.62. The zero-order valence-corrected chi connectivity index (χ0v) is 11.1. The van der Waals surface area contributed by atoms with Crippen molar-refractivity contribution in [1.82, 2.24) is 15.1 Å². The van der Waals surface area contributed by atoms with Crippen molar-refractivity contribution in [2.75, 3.05) is 34.2 Å². The van der Waals surface area contributed by atoms with Crippen LogP contribution < -0.4 is 5.32 Å². The molecule has 2 fully saturated rings. The van der Waals surface area contributed by atoms with Crippen LogP contribution >= 0.6 is 0 Å². The molecule has 0 aromatic heterocycles. The molecule has 0 amide bonds. The molecule has 3 heteroatoms. The third kappa shape index (κ3) is 2.58. The fraction of sp³-hybridized carbons (Fsp3) is 1.00. The van der Waals surface area contributed by atoms with Gasteiger partial charge in [-0.15, -0.1) is 0 Å². The fourth-order valence-electron chi connectivity index (χ4n) is 3.45. The zero-order chi connectivity index (χ0) is 11.5. The topological polar surface area (TPSA) is 18.5 Å². The molecule has 0 bridgehead atoms. The first-order valence-corrected chi connectivity index (χ1v) is 6.80. The highest BCUT2D eigenvalue weighted by atomic mass is 15.2. The van der Waals surface area contributed by atoms with Crippen LogP contribution in [0, 0.1) is 0 Å². The van der Waals surface area contributed by atoms with Gasteiger partial charge in [-0.3, -0.25) is 4.90 Å². The lowest BCUT2D eigenvalue weighted by Gasteiger charge is -2.40. The van der Waals surface area contributed by atoms with Gasteiger partial charge < -0.3 is 10.2 Å². The Kier molecular flexibility index (Phi) is 4.22. The highest BCUT2D eigenvalue weighted by Crippen LogP contribution is 2.27. The van der Waals surface area contributed by atoms with Crippen molar-refractivity contribution < 1.29 is 0 Å². The minimum absolute atomic E-state index is 0.746. The molecule has 2 rings (SSSR count). The lowest BCUT2D eigenvalue weighted by atomic mass is 10.0. The molecular formula is C13H27N3. The summed E-state index contributed by atoms with van der Waals surface area (Å²) < 4.78 is 0. The molecule has 1 aliphatic carbocycles. The van der Waals surface area contributed by atoms with Crippen LogP contribution in [0.25, 0.3) is 0 Å². The van der Waals surface area contributed by atoms with Crippen LogP contribution in [-0.4, -0.2) is 62.2 Å². The molecule has 0 radical (unpaired) electrons. The van der Waals surface area contributed by atoms with E-state index in [1.54, 1.807) is 0 Å². The summed E-state index contributed by atoms with van der Waals surface area (Å²) in [4.78, 5) is 5.12. The van der Waals surface area contributed by atoms with Gasteiger partial charge in [-0.25, -0.2) is 0 Å². The van der Waals surface area contributed by atoms with Gasteiger partial charge in [0, 0.05) is 18.1 Å². The summed E-state index contributed by atoms with van der Waals surface area (Å²) in [6, 6.07) is 2.37. The van der Waals surface area contributed by atoms with Crippen LogP contribution in [0.15, 0.2) is 0 Å². The molecule has 1 saturated carbocycles. The molecule has 1 aliphatic heterocycles. The van der Waals surface area contributed by atoms with Gasteiger partial charge in [0.2, 0.25) is 0 Å². The average Bonchev–Trinajstić information content (AvgIpc) is 2.77. The van der Waals surface area contributed by atoms with Gasteiger partial charge in [-0.2, -0.15) is 0 Å². The van der Waals surface area contributed by atoms with E-state index < -0.39 is 0 Å². The lowest BCUT2D eigenvalue weighted by Crippen LogP contribution is -2.51. The van der Waals surface area contributed by atoms with E-state index in [-0.39, 0.29) is 0 Å². The standard InChI is InChI=1S/C13H27N3/c1-14-12-5-4-6-13(12)16-9-7-11(8-10-16)15(2)3/h11-14H,4-10H2,1-3H3. The Balaban J connectivity index is 1.84. The molecule has 3 nitrogen and oxygen atoms in total. The smallest absolute Gasteiger partial charge is 0.0249 e. The fourth-order valence-corrected chi connectivity index (χ4v) is 3.45. The Morgan fingerprint density at radius 2 is 1.75 bits per heavy atom. The molecule has 2 unspecified atom stereocenters. The summed E-state index contributed by atoms with van der Waals surface area (Å²) in [5.41, 5.74) is 0.